The van der Waals surface area contributed by atoms with E-state index in [1.165, 1.54) is 0 Å². The summed E-state index contributed by atoms with van der Waals surface area (Å²) >= 11 is 0. The topological polar surface area (TPSA) is 41.1 Å². The summed E-state index contributed by atoms with van der Waals surface area (Å²) < 4.78 is 11.2. The van der Waals surface area contributed by atoms with E-state index in [9.17, 15) is 4.57 Å². The molecule has 0 spiro atoms. The first-order valence-electron chi connectivity index (χ1n) is 4.46. The molecule has 72 valence electrons. The summed E-state index contributed by atoms with van der Waals surface area (Å²) in [6, 6.07) is 0. The maximum Gasteiger partial charge on any atom is 0.532 e. The molecule has 0 saturated carbocycles. The molecule has 0 aromatic carbocycles. The molecule has 0 aliphatic carbocycles. The lowest BCUT2D eigenvalue weighted by Gasteiger charge is -2.00. The molecule has 0 aromatic heterocycles. The number of hydrogen-bond acceptors (Lipinski definition) is 1. The standard InChI is InChI=1S/C8H20N2OP/c1-7(2)5-9-12(11)10-6-8(3)4/h7-8H,5-6H2,1-4H3,(H2,9,10,11)/q+1. The molecular weight excluding hydrogens is 171 g/mol. The van der Waals surface area contributed by atoms with Crippen LogP contribution in [0.25, 0.3) is 0 Å². The molecule has 0 aromatic rings. The van der Waals surface area contributed by atoms with Crippen LogP contribution in [0.4, 0.5) is 0 Å². The van der Waals surface area contributed by atoms with Gasteiger partial charge in [-0.25, -0.2) is 0 Å². The minimum absolute atomic E-state index is 0.546. The second-order valence-corrected chi connectivity index (χ2v) is 5.03. The molecule has 0 heterocycles. The number of nitrogens with one attached hydrogen (secondary N) is 2. The van der Waals surface area contributed by atoms with Crippen molar-refractivity contribution in [1.29, 1.82) is 0 Å². The normalized spacial score (nSPS) is 11.2. The summed E-state index contributed by atoms with van der Waals surface area (Å²) in [6.45, 7) is 10.00. The fourth-order valence-corrected chi connectivity index (χ4v) is 1.76. The van der Waals surface area contributed by atoms with Crippen LogP contribution in [0, 0.1) is 11.8 Å². The van der Waals surface area contributed by atoms with E-state index in [2.05, 4.69) is 37.9 Å². The molecule has 0 radical (unpaired) electrons. The fraction of sp³-hybridized carbons (Fsp3) is 1.00. The fourth-order valence-electron chi connectivity index (χ4n) is 0.587. The zero-order valence-corrected chi connectivity index (χ0v) is 9.32. The summed E-state index contributed by atoms with van der Waals surface area (Å²) in [5.41, 5.74) is 0. The largest absolute Gasteiger partial charge is 0.532 e. The van der Waals surface area contributed by atoms with Gasteiger partial charge in [0.1, 0.15) is 0 Å². The predicted molar refractivity (Wildman–Crippen MR) is 53.3 cm³/mol. The molecule has 0 aliphatic heterocycles. The third kappa shape index (κ3) is 8.12. The van der Waals surface area contributed by atoms with Crippen LogP contribution in [0.15, 0.2) is 0 Å². The second-order valence-electron chi connectivity index (χ2n) is 3.81. The minimum atomic E-state index is -1.40. The third-order valence-electron chi connectivity index (χ3n) is 1.29. The Balaban J connectivity index is 3.34. The van der Waals surface area contributed by atoms with Gasteiger partial charge < -0.3 is 0 Å². The van der Waals surface area contributed by atoms with E-state index < -0.39 is 8.10 Å². The maximum atomic E-state index is 11.2. The van der Waals surface area contributed by atoms with Crippen molar-refractivity contribution < 1.29 is 4.57 Å². The zero-order valence-electron chi connectivity index (χ0n) is 8.42. The highest BCUT2D eigenvalue weighted by Gasteiger charge is 2.14. The highest BCUT2D eigenvalue weighted by molar-refractivity contribution is 7.40. The van der Waals surface area contributed by atoms with Gasteiger partial charge in [0.05, 0.1) is 0 Å². The molecule has 0 atom stereocenters. The van der Waals surface area contributed by atoms with Crippen LogP contribution in [0.3, 0.4) is 0 Å². The Kier molecular flexibility index (Phi) is 6.54. The van der Waals surface area contributed by atoms with Gasteiger partial charge >= 0.3 is 8.10 Å². The van der Waals surface area contributed by atoms with E-state index in [0.717, 1.165) is 13.1 Å². The Morgan fingerprint density at radius 3 is 1.58 bits per heavy atom. The van der Waals surface area contributed by atoms with Gasteiger partial charge in [-0.3, -0.25) is 0 Å². The smallest absolute Gasteiger partial charge is 0.0912 e. The predicted octanol–water partition coefficient (Wildman–Crippen LogP) is 2.13. The van der Waals surface area contributed by atoms with Crippen LogP contribution >= 0.6 is 8.10 Å². The molecule has 0 unspecified atom stereocenters. The van der Waals surface area contributed by atoms with E-state index >= 15 is 0 Å². The van der Waals surface area contributed by atoms with Crippen LogP contribution in [0.2, 0.25) is 0 Å². The van der Waals surface area contributed by atoms with Crippen molar-refractivity contribution in [2.75, 3.05) is 13.1 Å². The summed E-state index contributed by atoms with van der Waals surface area (Å²) in [5, 5.41) is 5.87. The molecule has 0 fully saturated rings. The average Bonchev–Trinajstić information content (AvgIpc) is 1.96. The lowest BCUT2D eigenvalue weighted by molar-refractivity contribution is 0.543. The SMILES string of the molecule is CC(C)CN[P+](=O)NCC(C)C. The molecule has 4 heteroatoms. The van der Waals surface area contributed by atoms with Crippen molar-refractivity contribution in [2.45, 2.75) is 27.7 Å². The average molecular weight is 191 g/mol. The first-order chi connectivity index (χ1) is 5.52. The minimum Gasteiger partial charge on any atom is -0.0912 e. The zero-order chi connectivity index (χ0) is 9.56. The first-order valence-corrected chi connectivity index (χ1v) is 5.72. The van der Waals surface area contributed by atoms with Gasteiger partial charge in [0, 0.05) is 13.1 Å². The summed E-state index contributed by atoms with van der Waals surface area (Å²) in [4.78, 5) is 0. The van der Waals surface area contributed by atoms with E-state index in [1.807, 2.05) is 0 Å². The molecule has 12 heavy (non-hydrogen) atoms. The highest BCUT2D eigenvalue weighted by atomic mass is 31.1. The van der Waals surface area contributed by atoms with Gasteiger partial charge in [-0.2, -0.15) is 0 Å². The van der Waals surface area contributed by atoms with Gasteiger partial charge in [-0.1, -0.05) is 37.9 Å². The van der Waals surface area contributed by atoms with Gasteiger partial charge in [0.15, 0.2) is 0 Å². The molecular formula is C8H20N2OP+. The van der Waals surface area contributed by atoms with Gasteiger partial charge in [-0.15, -0.1) is 0 Å². The Labute approximate surface area is 76.2 Å². The molecule has 2 N–H and O–H groups in total. The van der Waals surface area contributed by atoms with Crippen molar-refractivity contribution in [1.82, 2.24) is 10.2 Å². The monoisotopic (exact) mass is 191 g/mol. The molecule has 0 rings (SSSR count). The van der Waals surface area contributed by atoms with Gasteiger partial charge in [-0.05, 0) is 16.4 Å². The van der Waals surface area contributed by atoms with E-state index in [-0.39, 0.29) is 0 Å². The van der Waals surface area contributed by atoms with Gasteiger partial charge in [0.2, 0.25) is 0 Å². The molecule has 3 nitrogen and oxygen atoms in total. The summed E-state index contributed by atoms with van der Waals surface area (Å²) in [7, 11) is -1.40. The van der Waals surface area contributed by atoms with E-state index in [4.69, 9.17) is 0 Å². The molecule has 0 aliphatic rings. The summed E-state index contributed by atoms with van der Waals surface area (Å²) in [6.07, 6.45) is 0. The first kappa shape index (κ1) is 12.0. The van der Waals surface area contributed by atoms with Crippen molar-refractivity contribution in [3.05, 3.63) is 0 Å². The van der Waals surface area contributed by atoms with Gasteiger partial charge in [0.25, 0.3) is 0 Å². The highest BCUT2D eigenvalue weighted by Crippen LogP contribution is 2.08. The number of hydrogen-bond donors (Lipinski definition) is 2. The Morgan fingerprint density at radius 2 is 1.33 bits per heavy atom. The number of rotatable bonds is 6. The Bertz CT molecular complexity index is 123. The van der Waals surface area contributed by atoms with Crippen molar-refractivity contribution in [3.63, 3.8) is 0 Å². The van der Waals surface area contributed by atoms with Crippen LogP contribution in [0.1, 0.15) is 27.7 Å². The Hall–Kier alpha value is 0.0200. The third-order valence-corrected chi connectivity index (χ3v) is 2.23. The van der Waals surface area contributed by atoms with Crippen molar-refractivity contribution in [3.8, 4) is 0 Å². The van der Waals surface area contributed by atoms with Crippen LogP contribution in [0.5, 0.6) is 0 Å². The molecule has 0 bridgehead atoms. The maximum absolute atomic E-state index is 11.2. The molecule has 0 saturated heterocycles. The quantitative estimate of drug-likeness (QED) is 0.632. The Morgan fingerprint density at radius 1 is 1.00 bits per heavy atom. The molecule has 0 amide bonds. The van der Waals surface area contributed by atoms with Crippen molar-refractivity contribution >= 4 is 8.10 Å². The van der Waals surface area contributed by atoms with Crippen LogP contribution in [-0.2, 0) is 4.57 Å². The van der Waals surface area contributed by atoms with E-state index in [0.29, 0.717) is 11.8 Å². The lowest BCUT2D eigenvalue weighted by atomic mass is 10.2. The second kappa shape index (κ2) is 6.53. The van der Waals surface area contributed by atoms with Crippen LogP contribution in [-0.4, -0.2) is 13.1 Å². The van der Waals surface area contributed by atoms with Crippen molar-refractivity contribution in [2.24, 2.45) is 11.8 Å². The van der Waals surface area contributed by atoms with E-state index in [1.54, 1.807) is 0 Å². The summed E-state index contributed by atoms with van der Waals surface area (Å²) in [5.74, 6) is 1.09. The lowest BCUT2D eigenvalue weighted by Crippen LogP contribution is -2.21. The van der Waals surface area contributed by atoms with Crippen LogP contribution < -0.4 is 10.2 Å².